The molecule has 1 amide bonds. The first kappa shape index (κ1) is 13.0. The molecule has 1 fully saturated rings. The first-order chi connectivity index (χ1) is 8.13. The number of amides is 1. The molecule has 2 rings (SSSR count). The van der Waals surface area contributed by atoms with E-state index in [0.717, 1.165) is 34.8 Å². The van der Waals surface area contributed by atoms with Crippen molar-refractivity contribution in [3.8, 4) is 0 Å². The van der Waals surface area contributed by atoms with Gasteiger partial charge in [0.15, 0.2) is 0 Å². The van der Waals surface area contributed by atoms with Crippen molar-refractivity contribution in [1.82, 2.24) is 15.3 Å². The van der Waals surface area contributed by atoms with Crippen LogP contribution in [-0.4, -0.2) is 49.0 Å². The maximum Gasteiger partial charge on any atom is 0.239 e. The van der Waals surface area contributed by atoms with Gasteiger partial charge in [-0.3, -0.25) is 10.2 Å². The number of thiophene rings is 1. The molecule has 0 aromatic carbocycles. The summed E-state index contributed by atoms with van der Waals surface area (Å²) in [5.41, 5.74) is 2.96. The lowest BCUT2D eigenvalue weighted by molar-refractivity contribution is -0.126. The number of hydrogen-bond acceptors (Lipinski definition) is 4. The Labute approximate surface area is 114 Å². The number of piperazine rings is 1. The summed E-state index contributed by atoms with van der Waals surface area (Å²) in [6.45, 7) is 3.81. The number of carbonyl (C=O) groups is 1. The number of halogens is 1. The molecule has 1 aliphatic rings. The van der Waals surface area contributed by atoms with Crippen LogP contribution in [0.5, 0.6) is 0 Å². The lowest BCUT2D eigenvalue weighted by Crippen LogP contribution is -2.52. The highest BCUT2D eigenvalue weighted by Crippen LogP contribution is 2.22. The summed E-state index contributed by atoms with van der Waals surface area (Å²) in [6.07, 6.45) is 0.461. The van der Waals surface area contributed by atoms with Gasteiger partial charge in [0.25, 0.3) is 0 Å². The van der Waals surface area contributed by atoms with Crippen LogP contribution >= 0.6 is 27.3 Å². The molecule has 1 N–H and O–H groups in total. The van der Waals surface area contributed by atoms with E-state index in [0.29, 0.717) is 6.42 Å². The van der Waals surface area contributed by atoms with Crippen LogP contribution in [0.25, 0.3) is 0 Å². The lowest BCUT2D eigenvalue weighted by atomic mass is 10.3. The largest absolute Gasteiger partial charge is 0.304 e. The summed E-state index contributed by atoms with van der Waals surface area (Å²) < 4.78 is 1.07. The van der Waals surface area contributed by atoms with Crippen molar-refractivity contribution in [3.63, 3.8) is 0 Å². The highest BCUT2D eigenvalue weighted by Gasteiger charge is 2.16. The topological polar surface area (TPSA) is 35.6 Å². The Bertz CT molecular complexity index is 388. The number of hydrazine groups is 1. The van der Waals surface area contributed by atoms with Crippen molar-refractivity contribution >= 4 is 33.2 Å². The SMILES string of the molecule is CN1CCN(NC(=O)Cc2ccc(Br)s2)CC1. The number of nitrogens with one attached hydrogen (secondary N) is 1. The van der Waals surface area contributed by atoms with Crippen molar-refractivity contribution in [2.75, 3.05) is 33.2 Å². The smallest absolute Gasteiger partial charge is 0.239 e. The number of rotatable bonds is 3. The van der Waals surface area contributed by atoms with Gasteiger partial charge in [-0.1, -0.05) is 0 Å². The molecule has 0 bridgehead atoms. The quantitative estimate of drug-likeness (QED) is 0.913. The van der Waals surface area contributed by atoms with Crippen molar-refractivity contribution in [1.29, 1.82) is 0 Å². The van der Waals surface area contributed by atoms with Crippen LogP contribution < -0.4 is 5.43 Å². The van der Waals surface area contributed by atoms with E-state index in [1.165, 1.54) is 0 Å². The molecule has 17 heavy (non-hydrogen) atoms. The van der Waals surface area contributed by atoms with E-state index in [-0.39, 0.29) is 5.91 Å². The van der Waals surface area contributed by atoms with Crippen LogP contribution in [0.1, 0.15) is 4.88 Å². The number of likely N-dealkylation sites (N-methyl/N-ethyl adjacent to an activating group) is 1. The summed E-state index contributed by atoms with van der Waals surface area (Å²) in [4.78, 5) is 15.1. The molecule has 1 aromatic rings. The van der Waals surface area contributed by atoms with Gasteiger partial charge in [0.2, 0.25) is 5.91 Å². The van der Waals surface area contributed by atoms with E-state index in [4.69, 9.17) is 0 Å². The highest BCUT2D eigenvalue weighted by atomic mass is 79.9. The molecule has 0 radical (unpaired) electrons. The van der Waals surface area contributed by atoms with Crippen LogP contribution in [-0.2, 0) is 11.2 Å². The second kappa shape index (κ2) is 5.95. The second-order valence-electron chi connectivity index (χ2n) is 4.21. The van der Waals surface area contributed by atoms with Gasteiger partial charge >= 0.3 is 0 Å². The zero-order chi connectivity index (χ0) is 12.3. The molecule has 0 atom stereocenters. The summed E-state index contributed by atoms with van der Waals surface area (Å²) >= 11 is 5.01. The summed E-state index contributed by atoms with van der Waals surface area (Å²) in [7, 11) is 2.10. The number of carbonyl (C=O) groups excluding carboxylic acids is 1. The van der Waals surface area contributed by atoms with Crippen molar-refractivity contribution in [2.24, 2.45) is 0 Å². The molecular weight excluding hydrogens is 302 g/mol. The highest BCUT2D eigenvalue weighted by molar-refractivity contribution is 9.11. The zero-order valence-electron chi connectivity index (χ0n) is 9.78. The molecule has 0 aliphatic carbocycles. The standard InChI is InChI=1S/C11H16BrN3OS/c1-14-4-6-15(7-5-14)13-11(16)8-9-2-3-10(12)17-9/h2-3H,4-8H2,1H3,(H,13,16). The van der Waals surface area contributed by atoms with E-state index >= 15 is 0 Å². The van der Waals surface area contributed by atoms with Gasteiger partial charge in [0, 0.05) is 31.1 Å². The molecule has 2 heterocycles. The van der Waals surface area contributed by atoms with Gasteiger partial charge in [0.05, 0.1) is 10.2 Å². The normalized spacial score (nSPS) is 18.2. The van der Waals surface area contributed by atoms with Gasteiger partial charge in [-0.2, -0.15) is 0 Å². The predicted molar refractivity (Wildman–Crippen MR) is 72.9 cm³/mol. The van der Waals surface area contributed by atoms with Crippen LogP contribution in [0.4, 0.5) is 0 Å². The van der Waals surface area contributed by atoms with Gasteiger partial charge in [-0.15, -0.1) is 11.3 Å². The molecular formula is C11H16BrN3OS. The van der Waals surface area contributed by atoms with Gasteiger partial charge in [0.1, 0.15) is 0 Å². The Hall–Kier alpha value is -0.430. The van der Waals surface area contributed by atoms with E-state index in [9.17, 15) is 4.79 Å². The van der Waals surface area contributed by atoms with Crippen molar-refractivity contribution in [3.05, 3.63) is 20.8 Å². The fourth-order valence-electron chi connectivity index (χ4n) is 1.74. The average molecular weight is 318 g/mol. The maximum absolute atomic E-state index is 11.8. The molecule has 1 aliphatic heterocycles. The minimum Gasteiger partial charge on any atom is -0.304 e. The first-order valence-electron chi connectivity index (χ1n) is 5.60. The van der Waals surface area contributed by atoms with Crippen molar-refractivity contribution < 1.29 is 4.79 Å². The monoisotopic (exact) mass is 317 g/mol. The van der Waals surface area contributed by atoms with E-state index in [2.05, 4.69) is 33.3 Å². The molecule has 94 valence electrons. The fourth-order valence-corrected chi connectivity index (χ4v) is 3.22. The van der Waals surface area contributed by atoms with Crippen LogP contribution in [0.2, 0.25) is 0 Å². The minimum atomic E-state index is 0.0731. The Morgan fingerprint density at radius 2 is 2.12 bits per heavy atom. The molecule has 4 nitrogen and oxygen atoms in total. The molecule has 6 heteroatoms. The Kier molecular flexibility index (Phi) is 4.55. The molecule has 1 saturated heterocycles. The van der Waals surface area contributed by atoms with Crippen LogP contribution in [0.3, 0.4) is 0 Å². The van der Waals surface area contributed by atoms with Gasteiger partial charge < -0.3 is 4.90 Å². The van der Waals surface area contributed by atoms with Gasteiger partial charge in [-0.05, 0) is 35.1 Å². The fraction of sp³-hybridized carbons (Fsp3) is 0.545. The third-order valence-electron chi connectivity index (χ3n) is 2.75. The third-order valence-corrected chi connectivity index (χ3v) is 4.37. The zero-order valence-corrected chi connectivity index (χ0v) is 12.2. The number of nitrogens with zero attached hydrogens (tertiary/aromatic N) is 2. The van der Waals surface area contributed by atoms with Gasteiger partial charge in [-0.25, -0.2) is 5.01 Å². The Balaban J connectivity index is 1.77. The molecule has 0 saturated carbocycles. The van der Waals surface area contributed by atoms with E-state index in [1.54, 1.807) is 11.3 Å². The Morgan fingerprint density at radius 1 is 1.41 bits per heavy atom. The minimum absolute atomic E-state index is 0.0731. The maximum atomic E-state index is 11.8. The number of hydrogen-bond donors (Lipinski definition) is 1. The Morgan fingerprint density at radius 3 is 2.71 bits per heavy atom. The molecule has 0 spiro atoms. The third kappa shape index (κ3) is 4.06. The molecule has 0 unspecified atom stereocenters. The average Bonchev–Trinajstić information content (AvgIpc) is 2.67. The predicted octanol–water partition coefficient (Wildman–Crippen LogP) is 1.33. The van der Waals surface area contributed by atoms with E-state index < -0.39 is 0 Å². The summed E-state index contributed by atoms with van der Waals surface area (Å²) in [6, 6.07) is 3.96. The first-order valence-corrected chi connectivity index (χ1v) is 7.21. The summed E-state index contributed by atoms with van der Waals surface area (Å²) in [5.74, 6) is 0.0731. The van der Waals surface area contributed by atoms with E-state index in [1.807, 2.05) is 17.1 Å². The van der Waals surface area contributed by atoms with Crippen LogP contribution in [0.15, 0.2) is 15.9 Å². The summed E-state index contributed by atoms with van der Waals surface area (Å²) in [5, 5.41) is 2.00. The second-order valence-corrected chi connectivity index (χ2v) is 6.76. The van der Waals surface area contributed by atoms with Crippen molar-refractivity contribution in [2.45, 2.75) is 6.42 Å². The lowest BCUT2D eigenvalue weighted by Gasteiger charge is -2.32. The van der Waals surface area contributed by atoms with Crippen LogP contribution in [0, 0.1) is 0 Å². The molecule has 1 aromatic heterocycles.